The van der Waals surface area contributed by atoms with E-state index < -0.39 is 0 Å². The number of rotatable bonds is 1. The number of hydrogen-bond acceptors (Lipinski definition) is 2. The highest BCUT2D eigenvalue weighted by Crippen LogP contribution is 1.57. The fourth-order valence-electron chi connectivity index (χ4n) is 0. The van der Waals surface area contributed by atoms with Gasteiger partial charge < -0.3 is 0 Å². The minimum absolute atomic E-state index is 0.0278. The van der Waals surface area contributed by atoms with Crippen molar-refractivity contribution in [2.75, 3.05) is 6.54 Å². The summed E-state index contributed by atoms with van der Waals surface area (Å²) in [6.07, 6.45) is 0. The van der Waals surface area contributed by atoms with Gasteiger partial charge in [-0.3, -0.25) is 10.1 Å². The highest BCUT2D eigenvalue weighted by atomic mass is 16.6. The summed E-state index contributed by atoms with van der Waals surface area (Å²) < 4.78 is 0. The molecule has 0 atom stereocenters. The average molecular weight is 76.1 g/mol. The van der Waals surface area contributed by atoms with E-state index in [4.69, 9.17) is 0 Å². The minimum Gasteiger partial charge on any atom is -0.265 e. The molecule has 0 N–H and O–H groups in total. The van der Waals surface area contributed by atoms with Crippen LogP contribution in [0.1, 0.15) is 6.92 Å². The zero-order chi connectivity index (χ0) is 4.28. The number of hydrogen-bond donors (Lipinski definition) is 0. The standard InChI is InChI=1S/C2H5NO2/c1-2-3(4)5/h2H2,1H3/i1+1. The van der Waals surface area contributed by atoms with Crippen LogP contribution < -0.4 is 0 Å². The lowest BCUT2D eigenvalue weighted by molar-refractivity contribution is -0.475. The molecule has 0 aromatic carbocycles. The lowest BCUT2D eigenvalue weighted by atomic mass is 11.1. The minimum atomic E-state index is -0.375. The lowest BCUT2D eigenvalue weighted by Crippen LogP contribution is -1.92. The maximum absolute atomic E-state index is 9.17. The van der Waals surface area contributed by atoms with Gasteiger partial charge in [-0.2, -0.15) is 0 Å². The van der Waals surface area contributed by atoms with Crippen LogP contribution in [0.3, 0.4) is 0 Å². The summed E-state index contributed by atoms with van der Waals surface area (Å²) in [5.41, 5.74) is 0. The van der Waals surface area contributed by atoms with Gasteiger partial charge in [0.2, 0.25) is 6.54 Å². The Bertz CT molecular complexity index is 42.9. The van der Waals surface area contributed by atoms with Crippen molar-refractivity contribution in [3.63, 3.8) is 0 Å². The van der Waals surface area contributed by atoms with Crippen molar-refractivity contribution < 1.29 is 4.92 Å². The average Bonchev–Trinajstić information content (AvgIpc) is 1.38. The molecule has 0 bridgehead atoms. The van der Waals surface area contributed by atoms with Gasteiger partial charge in [0.05, 0.1) is 0 Å². The van der Waals surface area contributed by atoms with Gasteiger partial charge in [-0.1, -0.05) is 0 Å². The fourth-order valence-corrected chi connectivity index (χ4v) is 0. The highest BCUT2D eigenvalue weighted by Gasteiger charge is 1.76. The Morgan fingerprint density at radius 3 is 2.20 bits per heavy atom. The SMILES string of the molecule is [13CH3]C[N+](=O)[O-]. The molecular formula is C2H5NO2. The van der Waals surface area contributed by atoms with Gasteiger partial charge >= 0.3 is 0 Å². The Kier molecular flexibility index (Phi) is 1.49. The predicted molar refractivity (Wildman–Crippen MR) is 17.5 cm³/mol. The molecule has 0 spiro atoms. The van der Waals surface area contributed by atoms with Crippen LogP contribution in [0.4, 0.5) is 0 Å². The second kappa shape index (κ2) is 1.69. The van der Waals surface area contributed by atoms with Crippen LogP contribution in [0.2, 0.25) is 0 Å². The second-order valence-corrected chi connectivity index (χ2v) is 0.649. The van der Waals surface area contributed by atoms with Crippen molar-refractivity contribution in [1.82, 2.24) is 0 Å². The van der Waals surface area contributed by atoms with Gasteiger partial charge in [0.15, 0.2) is 0 Å². The molecule has 0 aromatic heterocycles. The molecule has 0 aliphatic carbocycles. The summed E-state index contributed by atoms with van der Waals surface area (Å²) in [5.74, 6) is 0. The van der Waals surface area contributed by atoms with Crippen LogP contribution in [0.5, 0.6) is 0 Å². The van der Waals surface area contributed by atoms with E-state index in [9.17, 15) is 10.1 Å². The van der Waals surface area contributed by atoms with Crippen LogP contribution >= 0.6 is 0 Å². The van der Waals surface area contributed by atoms with E-state index in [0.717, 1.165) is 0 Å². The van der Waals surface area contributed by atoms with E-state index in [1.807, 2.05) is 0 Å². The summed E-state index contributed by atoms with van der Waals surface area (Å²) in [5, 5.41) is 9.17. The molecule has 0 amide bonds. The summed E-state index contributed by atoms with van der Waals surface area (Å²) in [6, 6.07) is 0. The first-order valence-electron chi connectivity index (χ1n) is 1.39. The molecule has 0 heterocycles. The normalized spacial score (nSPS) is 7.40. The Hall–Kier alpha value is -0.600. The van der Waals surface area contributed by atoms with Crippen molar-refractivity contribution in [2.24, 2.45) is 0 Å². The third-order valence-corrected chi connectivity index (χ3v) is 0.258. The van der Waals surface area contributed by atoms with E-state index in [2.05, 4.69) is 0 Å². The maximum Gasteiger partial charge on any atom is 0.201 e. The van der Waals surface area contributed by atoms with Crippen LogP contribution in [0.25, 0.3) is 0 Å². The summed E-state index contributed by atoms with van der Waals surface area (Å²) in [7, 11) is 0. The fraction of sp³-hybridized carbons (Fsp3) is 1.00. The summed E-state index contributed by atoms with van der Waals surface area (Å²) in [4.78, 5) is 8.80. The van der Waals surface area contributed by atoms with E-state index in [1.54, 1.807) is 0 Å². The first-order chi connectivity index (χ1) is 2.27. The van der Waals surface area contributed by atoms with Gasteiger partial charge in [0.1, 0.15) is 0 Å². The van der Waals surface area contributed by atoms with Gasteiger partial charge in [-0.15, -0.1) is 0 Å². The Morgan fingerprint density at radius 1 is 2.00 bits per heavy atom. The molecule has 30 valence electrons. The van der Waals surface area contributed by atoms with Crippen molar-refractivity contribution >= 4 is 0 Å². The van der Waals surface area contributed by atoms with Crippen molar-refractivity contribution in [3.8, 4) is 0 Å². The largest absolute Gasteiger partial charge is 0.265 e. The van der Waals surface area contributed by atoms with E-state index in [0.29, 0.717) is 0 Å². The second-order valence-electron chi connectivity index (χ2n) is 0.649. The van der Waals surface area contributed by atoms with Gasteiger partial charge in [0, 0.05) is 11.8 Å². The molecule has 5 heavy (non-hydrogen) atoms. The molecule has 0 rings (SSSR count). The molecule has 0 saturated heterocycles. The van der Waals surface area contributed by atoms with E-state index >= 15 is 0 Å². The smallest absolute Gasteiger partial charge is 0.201 e. The maximum atomic E-state index is 9.17. The van der Waals surface area contributed by atoms with E-state index in [-0.39, 0.29) is 11.5 Å². The zero-order valence-electron chi connectivity index (χ0n) is 2.97. The molecule has 0 aliphatic heterocycles. The molecule has 0 aliphatic rings. The topological polar surface area (TPSA) is 43.1 Å². The Labute approximate surface area is 29.8 Å². The van der Waals surface area contributed by atoms with Crippen LogP contribution in [-0.4, -0.2) is 11.5 Å². The van der Waals surface area contributed by atoms with Crippen molar-refractivity contribution in [1.29, 1.82) is 0 Å². The highest BCUT2D eigenvalue weighted by molar-refractivity contribution is 4.04. The third kappa shape index (κ3) is 3.40. The molecule has 0 fully saturated rings. The monoisotopic (exact) mass is 76.0 g/mol. The number of nitrogens with zero attached hydrogens (tertiary/aromatic N) is 1. The molecule has 0 saturated carbocycles. The van der Waals surface area contributed by atoms with Crippen LogP contribution in [-0.2, 0) is 0 Å². The molecule has 3 nitrogen and oxygen atoms in total. The molecule has 0 aromatic rings. The zero-order valence-corrected chi connectivity index (χ0v) is 2.97. The Balaban J connectivity index is 2.85. The lowest BCUT2D eigenvalue weighted by Gasteiger charge is -1.73. The molecule has 0 unspecified atom stereocenters. The number of nitro groups is 1. The van der Waals surface area contributed by atoms with Gasteiger partial charge in [-0.05, 0) is 0 Å². The van der Waals surface area contributed by atoms with Crippen molar-refractivity contribution in [2.45, 2.75) is 6.92 Å². The molecule has 0 radical (unpaired) electrons. The quantitative estimate of drug-likeness (QED) is 0.256. The first kappa shape index (κ1) is 4.40. The third-order valence-electron chi connectivity index (χ3n) is 0.258. The summed E-state index contributed by atoms with van der Waals surface area (Å²) >= 11 is 0. The molecule has 3 heteroatoms. The van der Waals surface area contributed by atoms with E-state index in [1.165, 1.54) is 6.92 Å². The van der Waals surface area contributed by atoms with Crippen LogP contribution in [0, 0.1) is 10.1 Å². The molecular weight excluding hydrogens is 71.0 g/mol. The van der Waals surface area contributed by atoms with Crippen LogP contribution in [0.15, 0.2) is 0 Å². The van der Waals surface area contributed by atoms with Gasteiger partial charge in [-0.25, -0.2) is 0 Å². The predicted octanol–water partition coefficient (Wildman–Crippen LogP) is 0.283. The first-order valence-corrected chi connectivity index (χ1v) is 1.39. The Morgan fingerprint density at radius 2 is 2.20 bits per heavy atom. The summed E-state index contributed by atoms with van der Waals surface area (Å²) in [6.45, 7) is 1.53. The van der Waals surface area contributed by atoms with Gasteiger partial charge in [0.25, 0.3) is 0 Å². The van der Waals surface area contributed by atoms with Crippen molar-refractivity contribution in [3.05, 3.63) is 10.1 Å².